The van der Waals surface area contributed by atoms with Gasteiger partial charge in [0.25, 0.3) is 0 Å². The van der Waals surface area contributed by atoms with Crippen molar-refractivity contribution in [3.63, 3.8) is 0 Å². The molecule has 0 spiro atoms. The number of morpholine rings is 1. The van der Waals surface area contributed by atoms with Crippen molar-refractivity contribution in [2.45, 2.75) is 25.9 Å². The topological polar surface area (TPSA) is 54.8 Å². The van der Waals surface area contributed by atoms with Crippen LogP contribution in [0.3, 0.4) is 0 Å². The second-order valence-electron chi connectivity index (χ2n) is 10.1. The fraction of sp³-hybridized carbons (Fsp3) is 0.290. The summed E-state index contributed by atoms with van der Waals surface area (Å²) < 4.78 is 13.5. The van der Waals surface area contributed by atoms with Crippen LogP contribution in [0.5, 0.6) is 5.75 Å². The third kappa shape index (κ3) is 4.80. The van der Waals surface area contributed by atoms with Gasteiger partial charge in [-0.3, -0.25) is 4.98 Å². The molecule has 40 heavy (non-hydrogen) atoms. The van der Waals surface area contributed by atoms with Gasteiger partial charge in [0.15, 0.2) is 5.11 Å². The van der Waals surface area contributed by atoms with Crippen molar-refractivity contribution in [3.05, 3.63) is 101 Å². The summed E-state index contributed by atoms with van der Waals surface area (Å²) in [6, 6.07) is 22.3. The monoisotopic (exact) mass is 573 g/mol. The highest BCUT2D eigenvalue weighted by molar-refractivity contribution is 7.80. The minimum absolute atomic E-state index is 0.123. The van der Waals surface area contributed by atoms with E-state index in [1.807, 2.05) is 36.5 Å². The predicted molar refractivity (Wildman–Crippen MR) is 164 cm³/mol. The predicted octanol–water partition coefficient (Wildman–Crippen LogP) is 6.16. The lowest BCUT2D eigenvalue weighted by Gasteiger charge is -2.31. The molecule has 0 radical (unpaired) electrons. The molecule has 9 heteroatoms. The van der Waals surface area contributed by atoms with Crippen molar-refractivity contribution in [3.8, 4) is 11.4 Å². The fourth-order valence-electron chi connectivity index (χ4n) is 5.89. The van der Waals surface area contributed by atoms with Gasteiger partial charge in [-0.05, 0) is 92.3 Å². The highest BCUT2D eigenvalue weighted by Crippen LogP contribution is 2.44. The summed E-state index contributed by atoms with van der Waals surface area (Å²) in [6.45, 7) is 7.54. The second-order valence-corrected chi connectivity index (χ2v) is 10.9. The van der Waals surface area contributed by atoms with Crippen LogP contribution in [-0.4, -0.2) is 48.1 Å². The van der Waals surface area contributed by atoms with Crippen LogP contribution in [0.4, 0.5) is 11.4 Å². The lowest BCUT2D eigenvalue weighted by Crippen LogP contribution is -2.36. The van der Waals surface area contributed by atoms with Crippen LogP contribution in [0.25, 0.3) is 5.69 Å². The molecular formula is C31H32ClN5O2S. The third-order valence-corrected chi connectivity index (χ3v) is 8.32. The lowest BCUT2D eigenvalue weighted by atomic mass is 9.96. The maximum absolute atomic E-state index is 6.43. The van der Waals surface area contributed by atoms with E-state index < -0.39 is 0 Å². The molecule has 2 aliphatic heterocycles. The summed E-state index contributed by atoms with van der Waals surface area (Å²) >= 11 is 12.4. The Kier molecular flexibility index (Phi) is 7.40. The Labute approximate surface area is 245 Å². The normalized spacial score (nSPS) is 19.1. The number of pyridine rings is 1. The average Bonchev–Trinajstić information content (AvgIpc) is 3.48. The number of benzene rings is 2. The molecule has 1 N–H and O–H groups in total. The van der Waals surface area contributed by atoms with E-state index in [0.717, 1.165) is 66.1 Å². The number of aryl methyl sites for hydroxylation is 1. The van der Waals surface area contributed by atoms with Gasteiger partial charge in [-0.2, -0.15) is 0 Å². The number of rotatable bonds is 6. The van der Waals surface area contributed by atoms with E-state index in [1.54, 1.807) is 7.11 Å². The summed E-state index contributed by atoms with van der Waals surface area (Å²) in [5.41, 5.74) is 7.38. The number of nitrogens with zero attached hydrogens (tertiary/aromatic N) is 4. The van der Waals surface area contributed by atoms with Crippen LogP contribution in [0, 0.1) is 13.8 Å². The standard InChI is InChI=1S/C31H32ClN5O2S/c1-20-18-25(21(2)36(20)27-19-22(32)7-12-28(27)38-3)30-29(26-6-4-5-13-33-26)34-31(40)37(30)24-10-8-23(9-11-24)35-14-16-39-17-15-35/h4-13,18-19,29-30H,14-17H2,1-3H3,(H,34,40)/t29-,30+/m1/s1. The Morgan fingerprint density at radius 2 is 1.75 bits per heavy atom. The number of hydrogen-bond donors (Lipinski definition) is 1. The molecule has 0 bridgehead atoms. The Morgan fingerprint density at radius 3 is 2.45 bits per heavy atom. The molecule has 0 amide bonds. The van der Waals surface area contributed by atoms with Gasteiger partial charge in [0.05, 0.1) is 43.8 Å². The van der Waals surface area contributed by atoms with Gasteiger partial charge in [0.1, 0.15) is 5.75 Å². The largest absolute Gasteiger partial charge is 0.495 e. The van der Waals surface area contributed by atoms with Crippen molar-refractivity contribution in [2.75, 3.05) is 43.2 Å². The molecule has 4 heterocycles. The highest BCUT2D eigenvalue weighted by atomic mass is 35.5. The Bertz CT molecular complexity index is 1520. The van der Waals surface area contributed by atoms with Gasteiger partial charge in [0, 0.05) is 47.1 Å². The van der Waals surface area contributed by atoms with Crippen LogP contribution < -0.4 is 19.9 Å². The first kappa shape index (κ1) is 26.6. The van der Waals surface area contributed by atoms with Crippen LogP contribution in [0.15, 0.2) is 72.9 Å². The number of methoxy groups -OCH3 is 1. The van der Waals surface area contributed by atoms with Crippen LogP contribution in [-0.2, 0) is 4.74 Å². The maximum atomic E-state index is 6.43. The first-order chi connectivity index (χ1) is 19.5. The molecule has 206 valence electrons. The van der Waals surface area contributed by atoms with Crippen molar-refractivity contribution in [1.29, 1.82) is 0 Å². The van der Waals surface area contributed by atoms with Crippen molar-refractivity contribution >= 4 is 40.3 Å². The Balaban J connectivity index is 1.45. The van der Waals surface area contributed by atoms with Crippen LogP contribution in [0.1, 0.15) is 34.7 Å². The third-order valence-electron chi connectivity index (χ3n) is 7.77. The molecule has 0 unspecified atom stereocenters. The first-order valence-corrected chi connectivity index (χ1v) is 14.2. The van der Waals surface area contributed by atoms with E-state index in [2.05, 4.69) is 69.9 Å². The molecule has 7 nitrogen and oxygen atoms in total. The summed E-state index contributed by atoms with van der Waals surface area (Å²) in [4.78, 5) is 9.30. The van der Waals surface area contributed by atoms with E-state index in [4.69, 9.17) is 38.3 Å². The molecule has 2 fully saturated rings. The Hall–Kier alpha value is -3.59. The molecule has 2 aliphatic rings. The van der Waals surface area contributed by atoms with Gasteiger partial charge >= 0.3 is 0 Å². The van der Waals surface area contributed by atoms with Gasteiger partial charge in [0.2, 0.25) is 0 Å². The minimum Gasteiger partial charge on any atom is -0.495 e. The molecule has 0 saturated carbocycles. The maximum Gasteiger partial charge on any atom is 0.174 e. The number of halogens is 1. The first-order valence-electron chi connectivity index (χ1n) is 13.4. The zero-order chi connectivity index (χ0) is 27.8. The SMILES string of the molecule is COc1ccc(Cl)cc1-n1c(C)cc([C@H]2[C@@H](c3ccccn3)NC(=S)N2c2ccc(N3CCOCC3)cc2)c1C. The highest BCUT2D eigenvalue weighted by Gasteiger charge is 2.42. The lowest BCUT2D eigenvalue weighted by molar-refractivity contribution is 0.122. The van der Waals surface area contributed by atoms with Gasteiger partial charge in [-0.1, -0.05) is 17.7 Å². The molecule has 2 saturated heterocycles. The molecule has 4 aromatic rings. The van der Waals surface area contributed by atoms with E-state index >= 15 is 0 Å². The summed E-state index contributed by atoms with van der Waals surface area (Å²) in [5, 5.41) is 4.91. The zero-order valence-corrected chi connectivity index (χ0v) is 24.4. The summed E-state index contributed by atoms with van der Waals surface area (Å²) in [5.74, 6) is 0.759. The molecule has 6 rings (SSSR count). The number of ether oxygens (including phenoxy) is 2. The van der Waals surface area contributed by atoms with E-state index in [-0.39, 0.29) is 12.1 Å². The van der Waals surface area contributed by atoms with Gasteiger partial charge in [-0.15, -0.1) is 0 Å². The summed E-state index contributed by atoms with van der Waals surface area (Å²) in [6.07, 6.45) is 1.83. The molecule has 2 atom stereocenters. The quantitative estimate of drug-likeness (QED) is 0.277. The van der Waals surface area contributed by atoms with Gasteiger partial charge in [-0.25, -0.2) is 0 Å². The number of thiocarbonyl (C=S) groups is 1. The number of nitrogens with one attached hydrogen (secondary N) is 1. The average molecular weight is 574 g/mol. The number of hydrogen-bond acceptors (Lipinski definition) is 5. The molecule has 2 aromatic heterocycles. The number of aromatic nitrogens is 2. The van der Waals surface area contributed by atoms with Gasteiger partial charge < -0.3 is 29.2 Å². The van der Waals surface area contributed by atoms with E-state index in [0.29, 0.717) is 10.1 Å². The molecular weight excluding hydrogens is 542 g/mol. The molecule has 2 aromatic carbocycles. The van der Waals surface area contributed by atoms with Crippen molar-refractivity contribution < 1.29 is 9.47 Å². The second kappa shape index (κ2) is 11.1. The smallest absolute Gasteiger partial charge is 0.174 e. The van der Waals surface area contributed by atoms with E-state index in [9.17, 15) is 0 Å². The van der Waals surface area contributed by atoms with Crippen molar-refractivity contribution in [2.24, 2.45) is 0 Å². The van der Waals surface area contributed by atoms with Crippen LogP contribution >= 0.6 is 23.8 Å². The fourth-order valence-corrected chi connectivity index (χ4v) is 6.40. The van der Waals surface area contributed by atoms with Crippen molar-refractivity contribution in [1.82, 2.24) is 14.9 Å². The number of anilines is 2. The zero-order valence-electron chi connectivity index (χ0n) is 22.8. The van der Waals surface area contributed by atoms with Crippen LogP contribution in [0.2, 0.25) is 5.02 Å². The molecule has 0 aliphatic carbocycles. The summed E-state index contributed by atoms with van der Waals surface area (Å²) in [7, 11) is 1.68. The minimum atomic E-state index is -0.136. The Morgan fingerprint density at radius 1 is 1.00 bits per heavy atom. The van der Waals surface area contributed by atoms with E-state index in [1.165, 1.54) is 5.69 Å².